The first kappa shape index (κ1) is 58.0. The summed E-state index contributed by atoms with van der Waals surface area (Å²) in [6, 6.07) is 0. The van der Waals surface area contributed by atoms with E-state index in [0.717, 1.165) is 40.8 Å². The summed E-state index contributed by atoms with van der Waals surface area (Å²) in [7, 11) is 5.23. The number of nitrogen functional groups attached to an aromatic ring is 1. The molecule has 360 valence electrons. The number of hydrogen-bond donors (Lipinski definition) is 4. The molecule has 0 spiro atoms. The first-order valence-electron chi connectivity index (χ1n) is 17.2. The fraction of sp³-hybridized carbons (Fsp3) is 0.323. The average Bonchev–Trinajstić information content (AvgIpc) is 4.17. The maximum Gasteiger partial charge on any atom is 0.361 e. The van der Waals surface area contributed by atoms with Crippen LogP contribution in [0, 0.1) is 41.5 Å². The summed E-state index contributed by atoms with van der Waals surface area (Å²) < 4.78 is 42.5. The number of rotatable bonds is 7. The third-order valence-electron chi connectivity index (χ3n) is 6.64. The van der Waals surface area contributed by atoms with Crippen LogP contribution in [0.3, 0.4) is 0 Å². The van der Waals surface area contributed by atoms with Gasteiger partial charge in [-0.1, -0.05) is 31.4 Å². The SMILES string of the molecule is COC(=O)c1nnsc1C.COC(=O)c1nnsc1C.COC(=O)c1nnsc1C.COC(=O)c1nnsc1N.Cc1snnc1C(N)=O.Cc1snnc1C(N)=O.Cc1snnc1C(N)=O. The number of hydrogen-bond acceptors (Lipinski definition) is 33. The second-order valence-corrected chi connectivity index (χ2v) is 17.6. The number of aromatic nitrogens is 14. The van der Waals surface area contributed by atoms with Crippen LogP contribution in [0.2, 0.25) is 0 Å². The van der Waals surface area contributed by atoms with Gasteiger partial charge in [0.2, 0.25) is 5.69 Å². The second-order valence-electron chi connectivity index (χ2n) is 11.1. The van der Waals surface area contributed by atoms with E-state index < -0.39 is 41.6 Å². The van der Waals surface area contributed by atoms with E-state index in [1.165, 1.54) is 97.6 Å². The number of nitrogens with zero attached hydrogens (tertiary/aromatic N) is 14. The van der Waals surface area contributed by atoms with E-state index in [2.05, 4.69) is 86.1 Å². The van der Waals surface area contributed by atoms with E-state index in [1.54, 1.807) is 41.5 Å². The van der Waals surface area contributed by atoms with Gasteiger partial charge in [0.15, 0.2) is 34.2 Å². The number of carbonyl (C=O) groups excluding carboxylic acids is 7. The third-order valence-corrected chi connectivity index (χ3v) is 11.0. The van der Waals surface area contributed by atoms with Crippen molar-refractivity contribution >= 4 is 127 Å². The van der Waals surface area contributed by atoms with E-state index >= 15 is 0 Å². The Labute approximate surface area is 406 Å². The summed E-state index contributed by atoms with van der Waals surface area (Å²) in [6.45, 7) is 10.6. The molecule has 0 bridgehead atoms. The molecule has 0 aromatic carbocycles. The van der Waals surface area contributed by atoms with Gasteiger partial charge in [-0.15, -0.1) is 35.7 Å². The molecule has 7 heterocycles. The van der Waals surface area contributed by atoms with E-state index in [4.69, 9.17) is 22.9 Å². The van der Waals surface area contributed by atoms with Crippen LogP contribution in [0.15, 0.2) is 0 Å². The normalized spacial score (nSPS) is 9.40. The van der Waals surface area contributed by atoms with Gasteiger partial charge < -0.3 is 41.9 Å². The van der Waals surface area contributed by atoms with Crippen molar-refractivity contribution in [1.29, 1.82) is 0 Å². The van der Waals surface area contributed by atoms with Gasteiger partial charge in [0.1, 0.15) is 5.00 Å². The highest BCUT2D eigenvalue weighted by atomic mass is 32.1. The van der Waals surface area contributed by atoms with Gasteiger partial charge in [-0.2, -0.15) is 0 Å². The number of carbonyl (C=O) groups is 7. The average molecular weight is 1060 g/mol. The smallest absolute Gasteiger partial charge is 0.361 e. The van der Waals surface area contributed by atoms with Gasteiger partial charge in [0.25, 0.3) is 17.7 Å². The second kappa shape index (κ2) is 30.3. The molecule has 7 rings (SSSR count). The van der Waals surface area contributed by atoms with Gasteiger partial charge in [-0.25, -0.2) is 19.2 Å². The summed E-state index contributed by atoms with van der Waals surface area (Å²) in [5, 5.41) is 25.0. The van der Waals surface area contributed by atoms with Gasteiger partial charge in [0, 0.05) is 11.5 Å². The lowest BCUT2D eigenvalue weighted by atomic mass is 10.4. The van der Waals surface area contributed by atoms with Crippen molar-refractivity contribution in [3.63, 3.8) is 0 Å². The number of amides is 3. The van der Waals surface area contributed by atoms with E-state index in [-0.39, 0.29) is 27.8 Å². The fourth-order valence-electron chi connectivity index (χ4n) is 3.36. The van der Waals surface area contributed by atoms with Gasteiger partial charge in [-0.3, -0.25) is 14.4 Å². The molecule has 67 heavy (non-hydrogen) atoms. The van der Waals surface area contributed by atoms with Crippen LogP contribution in [0.4, 0.5) is 5.00 Å². The Kier molecular flexibility index (Phi) is 26.2. The van der Waals surface area contributed by atoms with Crippen molar-refractivity contribution in [1.82, 2.24) is 67.1 Å². The highest BCUT2D eigenvalue weighted by Gasteiger charge is 2.15. The molecule has 0 fully saturated rings. The highest BCUT2D eigenvalue weighted by molar-refractivity contribution is 7.10. The van der Waals surface area contributed by atoms with Crippen LogP contribution in [0.5, 0.6) is 0 Å². The van der Waals surface area contributed by atoms with Crippen LogP contribution in [-0.2, 0) is 18.9 Å². The van der Waals surface area contributed by atoms with Crippen LogP contribution >= 0.6 is 80.7 Å². The number of aryl methyl sites for hydroxylation is 6. The van der Waals surface area contributed by atoms with Crippen molar-refractivity contribution in [3.05, 3.63) is 69.1 Å². The molecule has 7 aromatic heterocycles. The number of anilines is 1. The van der Waals surface area contributed by atoms with Crippen LogP contribution < -0.4 is 22.9 Å². The largest absolute Gasteiger partial charge is 0.464 e. The maximum absolute atomic E-state index is 10.8. The molecule has 0 aliphatic rings. The zero-order valence-corrected chi connectivity index (χ0v) is 42.1. The molecule has 3 amide bonds. The zero-order chi connectivity index (χ0) is 50.8. The van der Waals surface area contributed by atoms with E-state index in [1.807, 2.05) is 0 Å². The number of methoxy groups -OCH3 is 4. The number of nitrogens with two attached hydrogens (primary N) is 4. The standard InChI is InChI=1S/3C5H6N2O2S.C4H5N3O2S.3C4H5N3OS/c3*1-3-4(5(8)9-2)6-7-10-3;1-9-4(8)2-3(5)10-7-6-2;3*1-2-3(4(5)8)6-7-9-2/h3*1-2H3;5H2,1H3;3*1H3,(H2,5,8). The van der Waals surface area contributed by atoms with Crippen molar-refractivity contribution in [3.8, 4) is 0 Å². The molecule has 36 heteroatoms. The molecule has 0 unspecified atom stereocenters. The van der Waals surface area contributed by atoms with Gasteiger partial charge >= 0.3 is 23.9 Å². The summed E-state index contributed by atoms with van der Waals surface area (Å²) in [5.41, 5.74) is 21.9. The minimum Gasteiger partial charge on any atom is -0.464 e. The predicted octanol–water partition coefficient (Wildman–Crippen LogP) is 1.64. The zero-order valence-electron chi connectivity index (χ0n) is 36.4. The molecular formula is C31H38N18O11S7. The molecule has 0 aliphatic carbocycles. The highest BCUT2D eigenvalue weighted by Crippen LogP contribution is 2.13. The molecular weight excluding hydrogens is 1020 g/mol. The summed E-state index contributed by atoms with van der Waals surface area (Å²) in [5.74, 6) is -3.36. The van der Waals surface area contributed by atoms with Crippen molar-refractivity contribution < 1.29 is 52.5 Å². The Balaban J connectivity index is 0.000000391. The molecule has 8 N–H and O–H groups in total. The van der Waals surface area contributed by atoms with Crippen LogP contribution in [0.25, 0.3) is 0 Å². The van der Waals surface area contributed by atoms with Crippen molar-refractivity contribution in [2.75, 3.05) is 34.2 Å². The Morgan fingerprint density at radius 3 is 0.642 bits per heavy atom. The van der Waals surface area contributed by atoms with Crippen LogP contribution in [-0.4, -0.2) is 137 Å². The molecule has 0 aliphatic heterocycles. The van der Waals surface area contributed by atoms with Gasteiger partial charge in [-0.05, 0) is 111 Å². The first-order valence-corrected chi connectivity index (χ1v) is 22.6. The number of esters is 4. The Morgan fingerprint density at radius 2 is 0.507 bits per heavy atom. The van der Waals surface area contributed by atoms with E-state index in [9.17, 15) is 33.6 Å². The first-order chi connectivity index (χ1) is 31.7. The molecule has 0 radical (unpaired) electrons. The Bertz CT molecular complexity index is 2360. The lowest BCUT2D eigenvalue weighted by molar-refractivity contribution is 0.0584. The van der Waals surface area contributed by atoms with Crippen LogP contribution in [0.1, 0.15) is 103 Å². The number of ether oxygens (including phenoxy) is 4. The maximum atomic E-state index is 10.8. The van der Waals surface area contributed by atoms with E-state index in [0.29, 0.717) is 17.1 Å². The third kappa shape index (κ3) is 19.6. The predicted molar refractivity (Wildman–Crippen MR) is 243 cm³/mol. The van der Waals surface area contributed by atoms with Gasteiger partial charge in [0.05, 0.1) is 57.7 Å². The Morgan fingerprint density at radius 1 is 0.328 bits per heavy atom. The molecule has 7 aromatic rings. The number of primary amides is 3. The fourth-order valence-corrected chi connectivity index (χ4v) is 6.57. The molecule has 29 nitrogen and oxygen atoms in total. The summed E-state index contributed by atoms with van der Waals surface area (Å²) in [4.78, 5) is 78.9. The molecule has 0 saturated heterocycles. The van der Waals surface area contributed by atoms with Crippen molar-refractivity contribution in [2.24, 2.45) is 17.2 Å². The Hall–Kier alpha value is -6.99. The quantitative estimate of drug-likeness (QED) is 0.130. The summed E-state index contributed by atoms with van der Waals surface area (Å²) >= 11 is 8.03. The minimum atomic E-state index is -0.550. The molecule has 0 atom stereocenters. The summed E-state index contributed by atoms with van der Waals surface area (Å²) in [6.07, 6.45) is 0. The minimum absolute atomic E-state index is 0.0903. The monoisotopic (exact) mass is 1060 g/mol. The topological polar surface area (TPSA) is 441 Å². The lowest BCUT2D eigenvalue weighted by Crippen LogP contribution is -2.12. The van der Waals surface area contributed by atoms with Crippen molar-refractivity contribution in [2.45, 2.75) is 41.5 Å². The lowest BCUT2D eigenvalue weighted by Gasteiger charge is -1.91. The molecule has 0 saturated carbocycles.